The average Bonchev–Trinajstić information content (AvgIpc) is 3.15. The molecule has 0 aliphatic rings. The van der Waals surface area contributed by atoms with Gasteiger partial charge in [-0.05, 0) is 60.5 Å². The number of rotatable bonds is 9. The lowest BCUT2D eigenvalue weighted by Crippen LogP contribution is -2.08. The summed E-state index contributed by atoms with van der Waals surface area (Å²) in [5.74, 6) is 3.38. The van der Waals surface area contributed by atoms with Crippen LogP contribution in [0.3, 0.4) is 0 Å². The Morgan fingerprint density at radius 3 is 2.20 bits per heavy atom. The number of hydrogen-bond acceptors (Lipinski definition) is 4. The van der Waals surface area contributed by atoms with Gasteiger partial charge in [-0.1, -0.05) is 31.2 Å². The van der Waals surface area contributed by atoms with Crippen LogP contribution in [0.5, 0.6) is 17.2 Å². The van der Waals surface area contributed by atoms with Gasteiger partial charge in [0, 0.05) is 6.54 Å². The van der Waals surface area contributed by atoms with Crippen molar-refractivity contribution >= 4 is 11.0 Å². The van der Waals surface area contributed by atoms with E-state index in [0.29, 0.717) is 6.61 Å². The summed E-state index contributed by atoms with van der Waals surface area (Å²) < 4.78 is 19.1. The molecule has 0 saturated carbocycles. The zero-order valence-electron chi connectivity index (χ0n) is 17.4. The Balaban J connectivity index is 1.55. The van der Waals surface area contributed by atoms with Gasteiger partial charge in [0.15, 0.2) is 0 Å². The smallest absolute Gasteiger partial charge is 0.148 e. The zero-order valence-corrected chi connectivity index (χ0v) is 17.4. The molecule has 0 saturated heterocycles. The molecule has 0 spiro atoms. The lowest BCUT2D eigenvalue weighted by Gasteiger charge is -2.12. The molecule has 0 N–H and O–H groups in total. The SMILES string of the molecule is CCCOc1ccc(Cn2c(COc3ccc(OC)cc3)nc3ccccc32)cc1. The number of nitrogens with zero attached hydrogens (tertiary/aromatic N) is 2. The van der Waals surface area contributed by atoms with E-state index < -0.39 is 0 Å². The lowest BCUT2D eigenvalue weighted by molar-refractivity contribution is 0.290. The highest BCUT2D eigenvalue weighted by molar-refractivity contribution is 5.76. The summed E-state index contributed by atoms with van der Waals surface area (Å²) in [4.78, 5) is 4.80. The van der Waals surface area contributed by atoms with Crippen molar-refractivity contribution < 1.29 is 14.2 Å². The van der Waals surface area contributed by atoms with Crippen molar-refractivity contribution in [2.45, 2.75) is 26.5 Å². The normalized spacial score (nSPS) is 10.9. The minimum atomic E-state index is 0.388. The first kappa shape index (κ1) is 19.8. The molecule has 5 nitrogen and oxygen atoms in total. The molecule has 154 valence electrons. The van der Waals surface area contributed by atoms with Crippen molar-refractivity contribution in [1.82, 2.24) is 9.55 Å². The second-order valence-corrected chi connectivity index (χ2v) is 7.06. The van der Waals surface area contributed by atoms with E-state index in [1.54, 1.807) is 7.11 Å². The molecule has 0 radical (unpaired) electrons. The largest absolute Gasteiger partial charge is 0.497 e. The van der Waals surface area contributed by atoms with E-state index in [-0.39, 0.29) is 0 Å². The maximum absolute atomic E-state index is 6.00. The maximum atomic E-state index is 6.00. The molecule has 0 atom stereocenters. The number of hydrogen-bond donors (Lipinski definition) is 0. The van der Waals surface area contributed by atoms with E-state index in [4.69, 9.17) is 19.2 Å². The third kappa shape index (κ3) is 4.57. The molecule has 4 rings (SSSR count). The van der Waals surface area contributed by atoms with Gasteiger partial charge in [0.05, 0.1) is 24.8 Å². The Hall–Kier alpha value is -3.47. The van der Waals surface area contributed by atoms with Gasteiger partial charge in [-0.2, -0.15) is 0 Å². The lowest BCUT2D eigenvalue weighted by atomic mass is 10.2. The molecule has 5 heteroatoms. The monoisotopic (exact) mass is 402 g/mol. The van der Waals surface area contributed by atoms with Crippen molar-refractivity contribution in [1.29, 1.82) is 0 Å². The van der Waals surface area contributed by atoms with Crippen LogP contribution in [0.25, 0.3) is 11.0 Å². The number of methoxy groups -OCH3 is 1. The van der Waals surface area contributed by atoms with Crippen molar-refractivity contribution in [3.8, 4) is 17.2 Å². The quantitative estimate of drug-likeness (QED) is 0.373. The van der Waals surface area contributed by atoms with Crippen LogP contribution in [0.2, 0.25) is 0 Å². The van der Waals surface area contributed by atoms with Crippen LogP contribution in [0.1, 0.15) is 24.7 Å². The van der Waals surface area contributed by atoms with Crippen molar-refractivity contribution in [3.05, 3.63) is 84.2 Å². The van der Waals surface area contributed by atoms with Gasteiger partial charge < -0.3 is 18.8 Å². The molecule has 0 unspecified atom stereocenters. The molecule has 0 aliphatic carbocycles. The van der Waals surface area contributed by atoms with Gasteiger partial charge in [0.2, 0.25) is 0 Å². The van der Waals surface area contributed by atoms with Crippen LogP contribution in [-0.2, 0) is 13.2 Å². The first-order chi connectivity index (χ1) is 14.8. The molecule has 30 heavy (non-hydrogen) atoms. The van der Waals surface area contributed by atoms with Gasteiger partial charge in [0.1, 0.15) is 29.7 Å². The number of imidazole rings is 1. The second-order valence-electron chi connectivity index (χ2n) is 7.06. The topological polar surface area (TPSA) is 45.5 Å². The molecule has 0 aliphatic heterocycles. The third-order valence-electron chi connectivity index (χ3n) is 4.90. The fraction of sp³-hybridized carbons (Fsp3) is 0.240. The van der Waals surface area contributed by atoms with Crippen molar-refractivity contribution in [2.24, 2.45) is 0 Å². The van der Waals surface area contributed by atoms with E-state index in [0.717, 1.165) is 53.7 Å². The Morgan fingerprint density at radius 2 is 1.47 bits per heavy atom. The average molecular weight is 402 g/mol. The Labute approximate surface area is 176 Å². The number of benzene rings is 3. The first-order valence-corrected chi connectivity index (χ1v) is 10.2. The van der Waals surface area contributed by atoms with Gasteiger partial charge in [-0.15, -0.1) is 0 Å². The van der Waals surface area contributed by atoms with Gasteiger partial charge in [-0.25, -0.2) is 4.98 Å². The molecule has 0 bridgehead atoms. The molecule has 0 fully saturated rings. The second kappa shape index (κ2) is 9.35. The first-order valence-electron chi connectivity index (χ1n) is 10.2. The highest BCUT2D eigenvalue weighted by Crippen LogP contribution is 2.22. The van der Waals surface area contributed by atoms with Crippen molar-refractivity contribution in [2.75, 3.05) is 13.7 Å². The van der Waals surface area contributed by atoms with E-state index >= 15 is 0 Å². The van der Waals surface area contributed by atoms with Crippen molar-refractivity contribution in [3.63, 3.8) is 0 Å². The summed E-state index contributed by atoms with van der Waals surface area (Å²) in [5.41, 5.74) is 3.25. The van der Waals surface area contributed by atoms with Crippen LogP contribution >= 0.6 is 0 Å². The minimum absolute atomic E-state index is 0.388. The van der Waals surface area contributed by atoms with E-state index in [2.05, 4.69) is 29.7 Å². The molecular formula is C25H26N2O3. The summed E-state index contributed by atoms with van der Waals surface area (Å²) >= 11 is 0. The Morgan fingerprint density at radius 1 is 0.800 bits per heavy atom. The maximum Gasteiger partial charge on any atom is 0.148 e. The van der Waals surface area contributed by atoms with Gasteiger partial charge >= 0.3 is 0 Å². The summed E-state index contributed by atoms with van der Waals surface area (Å²) in [5, 5.41) is 0. The fourth-order valence-electron chi connectivity index (χ4n) is 3.33. The highest BCUT2D eigenvalue weighted by Gasteiger charge is 2.12. The van der Waals surface area contributed by atoms with Crippen LogP contribution in [-0.4, -0.2) is 23.3 Å². The summed E-state index contributed by atoms with van der Waals surface area (Å²) in [7, 11) is 1.65. The summed E-state index contributed by atoms with van der Waals surface area (Å²) in [6.45, 7) is 3.95. The number of fused-ring (bicyclic) bond motifs is 1. The standard InChI is InChI=1S/C25H26N2O3/c1-3-16-29-21-10-8-19(9-11-21)17-27-24-7-5-4-6-23(24)26-25(27)18-30-22-14-12-20(28-2)13-15-22/h4-15H,3,16-18H2,1-2H3. The summed E-state index contributed by atoms with van der Waals surface area (Å²) in [6, 6.07) is 24.0. The summed E-state index contributed by atoms with van der Waals surface area (Å²) in [6.07, 6.45) is 1.00. The number of ether oxygens (including phenoxy) is 3. The third-order valence-corrected chi connectivity index (χ3v) is 4.90. The number of para-hydroxylation sites is 2. The van der Waals surface area contributed by atoms with E-state index in [1.165, 1.54) is 5.56 Å². The van der Waals surface area contributed by atoms with Crippen LogP contribution in [0.4, 0.5) is 0 Å². The van der Waals surface area contributed by atoms with Crippen LogP contribution in [0, 0.1) is 0 Å². The molecule has 0 amide bonds. The predicted octanol–water partition coefficient (Wildman–Crippen LogP) is 5.46. The van der Waals surface area contributed by atoms with Gasteiger partial charge in [-0.3, -0.25) is 0 Å². The predicted molar refractivity (Wildman–Crippen MR) is 118 cm³/mol. The van der Waals surface area contributed by atoms with E-state index in [1.807, 2.05) is 54.6 Å². The molecule has 1 heterocycles. The Bertz CT molecular complexity index is 1090. The molecule has 3 aromatic carbocycles. The molecule has 1 aromatic heterocycles. The van der Waals surface area contributed by atoms with E-state index in [9.17, 15) is 0 Å². The van der Waals surface area contributed by atoms with Crippen LogP contribution < -0.4 is 14.2 Å². The minimum Gasteiger partial charge on any atom is -0.497 e. The fourth-order valence-corrected chi connectivity index (χ4v) is 3.33. The zero-order chi connectivity index (χ0) is 20.8. The number of aromatic nitrogens is 2. The Kier molecular flexibility index (Phi) is 6.18. The van der Waals surface area contributed by atoms with Crippen LogP contribution in [0.15, 0.2) is 72.8 Å². The highest BCUT2D eigenvalue weighted by atomic mass is 16.5. The molecular weight excluding hydrogens is 376 g/mol. The molecule has 4 aromatic rings. The van der Waals surface area contributed by atoms with Gasteiger partial charge in [0.25, 0.3) is 0 Å².